The lowest BCUT2D eigenvalue weighted by atomic mass is 10.0. The van der Waals surface area contributed by atoms with E-state index in [1.54, 1.807) is 0 Å². The average molecular weight is 381 g/mol. The van der Waals surface area contributed by atoms with Gasteiger partial charge in [-0.3, -0.25) is 14.7 Å². The van der Waals surface area contributed by atoms with Gasteiger partial charge in [-0.2, -0.15) is 0 Å². The first-order valence-corrected chi connectivity index (χ1v) is 10.7. The van der Waals surface area contributed by atoms with E-state index in [-0.39, 0.29) is 0 Å². The fourth-order valence-electron chi connectivity index (χ4n) is 3.85. The third-order valence-corrected chi connectivity index (χ3v) is 5.63. The molecule has 0 aromatic rings. The third kappa shape index (κ3) is 7.30. The number of aliphatic imine (C=N–C) groups is 1. The fraction of sp³-hybridized carbons (Fsp3) is 0.900. The Bertz CT molecular complexity index is 473. The van der Waals surface area contributed by atoms with Crippen molar-refractivity contribution in [1.82, 2.24) is 25.3 Å². The van der Waals surface area contributed by atoms with Crippen molar-refractivity contribution in [3.05, 3.63) is 0 Å². The van der Waals surface area contributed by atoms with E-state index >= 15 is 0 Å². The molecule has 0 bridgehead atoms. The largest absolute Gasteiger partial charge is 0.357 e. The van der Waals surface area contributed by atoms with Crippen molar-refractivity contribution >= 4 is 11.9 Å². The lowest BCUT2D eigenvalue weighted by molar-refractivity contribution is -0.127. The molecule has 2 aliphatic rings. The maximum absolute atomic E-state index is 11.7. The van der Waals surface area contributed by atoms with Crippen LogP contribution in [0.1, 0.15) is 40.0 Å². The second-order valence-corrected chi connectivity index (χ2v) is 8.13. The molecular weight excluding hydrogens is 340 g/mol. The molecule has 7 heteroatoms. The maximum atomic E-state index is 11.7. The summed E-state index contributed by atoms with van der Waals surface area (Å²) in [5.74, 6) is 1.79. The number of carbonyl (C=O) groups excluding carboxylic acids is 1. The van der Waals surface area contributed by atoms with Gasteiger partial charge in [-0.1, -0.05) is 13.8 Å². The number of likely N-dealkylation sites (tertiary alicyclic amines) is 1. The molecule has 156 valence electrons. The first-order chi connectivity index (χ1) is 13.0. The predicted molar refractivity (Wildman–Crippen MR) is 112 cm³/mol. The monoisotopic (exact) mass is 380 g/mol. The number of piperazine rings is 1. The van der Waals surface area contributed by atoms with Gasteiger partial charge in [0.05, 0.1) is 6.54 Å². The van der Waals surface area contributed by atoms with Crippen LogP contribution in [0.4, 0.5) is 0 Å². The molecule has 0 aromatic heterocycles. The third-order valence-electron chi connectivity index (χ3n) is 5.63. The highest BCUT2D eigenvalue weighted by molar-refractivity contribution is 5.79. The minimum absolute atomic E-state index is 0.308. The molecule has 27 heavy (non-hydrogen) atoms. The van der Waals surface area contributed by atoms with Crippen LogP contribution in [0.5, 0.6) is 0 Å². The molecular formula is C20H40N6O. The summed E-state index contributed by atoms with van der Waals surface area (Å²) in [5.41, 5.74) is 0. The molecule has 0 aromatic carbocycles. The molecule has 0 saturated carbocycles. The second-order valence-electron chi connectivity index (χ2n) is 8.13. The second kappa shape index (κ2) is 11.5. The SMILES string of the molecule is CCNC(=NCC(C(C)C)N1CCN(C)CC1)NCCCN1CCCC1=O. The van der Waals surface area contributed by atoms with Gasteiger partial charge in [-0.15, -0.1) is 0 Å². The number of guanidine groups is 1. The molecule has 1 amide bonds. The number of hydrogen-bond donors (Lipinski definition) is 2. The van der Waals surface area contributed by atoms with Crippen LogP contribution < -0.4 is 10.6 Å². The smallest absolute Gasteiger partial charge is 0.222 e. The van der Waals surface area contributed by atoms with Gasteiger partial charge in [0, 0.05) is 64.8 Å². The van der Waals surface area contributed by atoms with Crippen molar-refractivity contribution in [3.63, 3.8) is 0 Å². The summed E-state index contributed by atoms with van der Waals surface area (Å²) in [4.78, 5) is 23.5. The Morgan fingerprint density at radius 1 is 1.15 bits per heavy atom. The Morgan fingerprint density at radius 2 is 1.89 bits per heavy atom. The van der Waals surface area contributed by atoms with Gasteiger partial charge in [-0.05, 0) is 32.7 Å². The number of amides is 1. The van der Waals surface area contributed by atoms with Crippen LogP contribution in [0.15, 0.2) is 4.99 Å². The first-order valence-electron chi connectivity index (χ1n) is 10.7. The van der Waals surface area contributed by atoms with Crippen molar-refractivity contribution in [3.8, 4) is 0 Å². The van der Waals surface area contributed by atoms with E-state index in [0.717, 1.165) is 84.1 Å². The van der Waals surface area contributed by atoms with Crippen molar-refractivity contribution in [2.75, 3.05) is 66.0 Å². The quantitative estimate of drug-likeness (QED) is 0.352. The summed E-state index contributed by atoms with van der Waals surface area (Å²) < 4.78 is 0. The highest BCUT2D eigenvalue weighted by Crippen LogP contribution is 2.14. The van der Waals surface area contributed by atoms with Gasteiger partial charge < -0.3 is 20.4 Å². The van der Waals surface area contributed by atoms with Gasteiger partial charge in [0.1, 0.15) is 0 Å². The Labute approximate surface area is 165 Å². The fourth-order valence-corrected chi connectivity index (χ4v) is 3.85. The van der Waals surface area contributed by atoms with E-state index in [4.69, 9.17) is 4.99 Å². The summed E-state index contributed by atoms with van der Waals surface area (Å²) in [6, 6.07) is 0.483. The number of likely N-dealkylation sites (N-methyl/N-ethyl adjacent to an activating group) is 1. The molecule has 2 saturated heterocycles. The zero-order chi connectivity index (χ0) is 19.6. The van der Waals surface area contributed by atoms with Crippen LogP contribution in [-0.2, 0) is 4.79 Å². The predicted octanol–water partition coefficient (Wildman–Crippen LogP) is 0.826. The van der Waals surface area contributed by atoms with Gasteiger partial charge >= 0.3 is 0 Å². The van der Waals surface area contributed by atoms with Crippen LogP contribution in [0.2, 0.25) is 0 Å². The van der Waals surface area contributed by atoms with Crippen LogP contribution >= 0.6 is 0 Å². The maximum Gasteiger partial charge on any atom is 0.222 e. The number of hydrogen-bond acceptors (Lipinski definition) is 4. The summed E-state index contributed by atoms with van der Waals surface area (Å²) in [6.45, 7) is 15.5. The van der Waals surface area contributed by atoms with E-state index in [0.29, 0.717) is 17.9 Å². The van der Waals surface area contributed by atoms with Crippen LogP contribution in [0.25, 0.3) is 0 Å². The number of nitrogens with zero attached hydrogens (tertiary/aromatic N) is 4. The van der Waals surface area contributed by atoms with Gasteiger partial charge in [0.2, 0.25) is 5.91 Å². The van der Waals surface area contributed by atoms with Gasteiger partial charge in [-0.25, -0.2) is 0 Å². The van der Waals surface area contributed by atoms with E-state index in [1.807, 2.05) is 4.90 Å². The number of carbonyl (C=O) groups is 1. The molecule has 0 spiro atoms. The molecule has 0 aliphatic carbocycles. The lowest BCUT2D eigenvalue weighted by Crippen LogP contribution is -2.52. The van der Waals surface area contributed by atoms with Crippen molar-refractivity contribution in [1.29, 1.82) is 0 Å². The normalized spacial score (nSPS) is 21.1. The molecule has 1 atom stereocenters. The standard InChI is InChI=1S/C20H40N6O/c1-5-21-20(22-9-7-11-26-10-6-8-19(26)27)23-16-18(17(2)3)25-14-12-24(4)13-15-25/h17-18H,5-16H2,1-4H3,(H2,21,22,23). The number of rotatable bonds is 9. The van der Waals surface area contributed by atoms with Gasteiger partial charge in [0.25, 0.3) is 0 Å². The zero-order valence-corrected chi connectivity index (χ0v) is 17.8. The molecule has 1 unspecified atom stereocenters. The lowest BCUT2D eigenvalue weighted by Gasteiger charge is -2.39. The molecule has 2 rings (SSSR count). The molecule has 0 radical (unpaired) electrons. The van der Waals surface area contributed by atoms with Crippen LogP contribution in [0, 0.1) is 5.92 Å². The highest BCUT2D eigenvalue weighted by atomic mass is 16.2. The van der Waals surface area contributed by atoms with Crippen molar-refractivity contribution in [2.24, 2.45) is 10.9 Å². The zero-order valence-electron chi connectivity index (χ0n) is 17.8. The summed E-state index contributed by atoms with van der Waals surface area (Å²) in [7, 11) is 2.20. The Morgan fingerprint density at radius 3 is 2.48 bits per heavy atom. The first kappa shape index (κ1) is 22.0. The minimum atomic E-state index is 0.308. The minimum Gasteiger partial charge on any atom is -0.357 e. The molecule has 2 fully saturated rings. The van der Waals surface area contributed by atoms with E-state index in [1.165, 1.54) is 0 Å². The topological polar surface area (TPSA) is 63.2 Å². The van der Waals surface area contributed by atoms with Crippen LogP contribution in [0.3, 0.4) is 0 Å². The van der Waals surface area contributed by atoms with E-state index < -0.39 is 0 Å². The Kier molecular flexibility index (Phi) is 9.34. The summed E-state index contributed by atoms with van der Waals surface area (Å²) in [6.07, 6.45) is 2.70. The van der Waals surface area contributed by atoms with Gasteiger partial charge in [0.15, 0.2) is 5.96 Å². The Hall–Kier alpha value is -1.34. The van der Waals surface area contributed by atoms with E-state index in [9.17, 15) is 4.79 Å². The summed E-state index contributed by atoms with van der Waals surface area (Å²) >= 11 is 0. The molecule has 7 nitrogen and oxygen atoms in total. The van der Waals surface area contributed by atoms with Crippen molar-refractivity contribution in [2.45, 2.75) is 46.1 Å². The van der Waals surface area contributed by atoms with E-state index in [2.05, 4.69) is 48.3 Å². The van der Waals surface area contributed by atoms with Crippen molar-refractivity contribution < 1.29 is 4.79 Å². The molecule has 2 N–H and O–H groups in total. The molecule has 2 aliphatic heterocycles. The highest BCUT2D eigenvalue weighted by Gasteiger charge is 2.25. The average Bonchev–Trinajstić information content (AvgIpc) is 3.05. The Balaban J connectivity index is 1.79. The number of nitrogens with one attached hydrogen (secondary N) is 2. The summed E-state index contributed by atoms with van der Waals surface area (Å²) in [5, 5.41) is 6.79. The van der Waals surface area contributed by atoms with Crippen LogP contribution in [-0.4, -0.2) is 98.6 Å². The molecule has 2 heterocycles.